The molecule has 12 nitrogen and oxygen atoms in total. The fraction of sp³-hybridized carbons (Fsp3) is 0.194. The molecule has 0 atom stereocenters. The molecule has 0 saturated carbocycles. The molecule has 7 rings (SSSR count). The van der Waals surface area contributed by atoms with Crippen molar-refractivity contribution in [3.05, 3.63) is 120 Å². The smallest absolute Gasteiger partial charge is 0.305 e. The van der Waals surface area contributed by atoms with Crippen molar-refractivity contribution in [2.45, 2.75) is 32.4 Å². The predicted molar refractivity (Wildman–Crippen MR) is 180 cm³/mol. The maximum Gasteiger partial charge on any atom is 0.305 e. The molecular formula is C36H34N10O2. The summed E-state index contributed by atoms with van der Waals surface area (Å²) in [5.74, 6) is 1.09. The highest BCUT2D eigenvalue weighted by atomic mass is 16.5. The van der Waals surface area contributed by atoms with E-state index in [-0.39, 0.29) is 5.97 Å². The first kappa shape index (κ1) is 30.5. The predicted octanol–water partition coefficient (Wildman–Crippen LogP) is 5.84. The molecule has 0 saturated heterocycles. The minimum atomic E-state index is -0.185. The number of rotatable bonds is 12. The first-order valence-corrected chi connectivity index (χ1v) is 15.8. The molecule has 0 radical (unpaired) electrons. The van der Waals surface area contributed by atoms with Crippen molar-refractivity contribution in [3.8, 4) is 45.0 Å². The molecule has 3 heterocycles. The van der Waals surface area contributed by atoms with Crippen LogP contribution in [0.1, 0.15) is 30.4 Å². The van der Waals surface area contributed by atoms with Gasteiger partial charge in [-0.1, -0.05) is 97.1 Å². The van der Waals surface area contributed by atoms with Crippen molar-refractivity contribution < 1.29 is 9.53 Å². The van der Waals surface area contributed by atoms with Gasteiger partial charge in [-0.05, 0) is 67.1 Å². The van der Waals surface area contributed by atoms with Crippen molar-refractivity contribution in [2.24, 2.45) is 0 Å². The van der Waals surface area contributed by atoms with Crippen LogP contribution in [0, 0.1) is 0 Å². The third kappa shape index (κ3) is 6.82. The van der Waals surface area contributed by atoms with Crippen LogP contribution in [0.2, 0.25) is 0 Å². The highest BCUT2D eigenvalue weighted by Gasteiger charge is 2.22. The Morgan fingerprint density at radius 2 is 1.23 bits per heavy atom. The van der Waals surface area contributed by atoms with Gasteiger partial charge in [-0.15, -0.1) is 10.2 Å². The minimum absolute atomic E-state index is 0.185. The van der Waals surface area contributed by atoms with Gasteiger partial charge < -0.3 is 14.5 Å². The van der Waals surface area contributed by atoms with Crippen LogP contribution in [0.4, 0.5) is 0 Å². The van der Waals surface area contributed by atoms with E-state index in [4.69, 9.17) is 4.74 Å². The summed E-state index contributed by atoms with van der Waals surface area (Å²) in [7, 11) is 1.44. The van der Waals surface area contributed by atoms with Crippen LogP contribution in [0.5, 0.6) is 0 Å². The summed E-state index contributed by atoms with van der Waals surface area (Å²) >= 11 is 0. The normalized spacial score (nSPS) is 12.7. The summed E-state index contributed by atoms with van der Waals surface area (Å²) in [6.07, 6.45) is 4.13. The number of ether oxygens (including phenoxy) is 1. The Morgan fingerprint density at radius 3 is 1.73 bits per heavy atom. The summed E-state index contributed by atoms with van der Waals surface area (Å²) in [6.45, 7) is 2.26. The third-order valence-corrected chi connectivity index (χ3v) is 8.48. The van der Waals surface area contributed by atoms with E-state index in [9.17, 15) is 4.79 Å². The summed E-state index contributed by atoms with van der Waals surface area (Å²) < 4.78 is 4.88. The number of aromatic nitrogens is 8. The second kappa shape index (κ2) is 14.1. The van der Waals surface area contributed by atoms with Crippen LogP contribution < -0.4 is 0 Å². The monoisotopic (exact) mass is 638 g/mol. The van der Waals surface area contributed by atoms with Crippen molar-refractivity contribution in [1.82, 2.24) is 51.0 Å². The lowest BCUT2D eigenvalue weighted by molar-refractivity contribution is -0.140. The van der Waals surface area contributed by atoms with E-state index < -0.39 is 0 Å². The summed E-state index contributed by atoms with van der Waals surface area (Å²) in [4.78, 5) is 16.6. The summed E-state index contributed by atoms with van der Waals surface area (Å²) in [5.41, 5.74) is 9.81. The lowest BCUT2D eigenvalue weighted by Gasteiger charge is -2.24. The van der Waals surface area contributed by atoms with Crippen LogP contribution >= 0.6 is 0 Å². The van der Waals surface area contributed by atoms with Gasteiger partial charge in [0.2, 0.25) is 0 Å². The highest BCUT2D eigenvalue weighted by molar-refractivity contribution is 5.81. The number of carbonyl (C=O) groups is 1. The van der Waals surface area contributed by atoms with Crippen molar-refractivity contribution >= 4 is 5.97 Å². The van der Waals surface area contributed by atoms with Crippen molar-refractivity contribution in [3.63, 3.8) is 0 Å². The van der Waals surface area contributed by atoms with Gasteiger partial charge in [-0.25, -0.2) is 10.2 Å². The minimum Gasteiger partial charge on any atom is -0.469 e. The van der Waals surface area contributed by atoms with Crippen LogP contribution in [0.3, 0.4) is 0 Å². The number of H-pyrrole nitrogens is 2. The van der Waals surface area contributed by atoms with Gasteiger partial charge in [0.15, 0.2) is 11.6 Å². The molecule has 48 heavy (non-hydrogen) atoms. The Morgan fingerprint density at radius 1 is 0.708 bits per heavy atom. The largest absolute Gasteiger partial charge is 0.469 e. The van der Waals surface area contributed by atoms with E-state index >= 15 is 0 Å². The number of carbonyl (C=O) groups excluding carboxylic acids is 1. The van der Waals surface area contributed by atoms with E-state index in [0.29, 0.717) is 18.1 Å². The van der Waals surface area contributed by atoms with Crippen LogP contribution in [0.15, 0.2) is 109 Å². The number of methoxy groups -OCH3 is 1. The molecule has 1 aliphatic heterocycles. The average Bonchev–Trinajstić information content (AvgIpc) is 3.93. The molecule has 6 aromatic rings. The van der Waals surface area contributed by atoms with E-state index in [1.807, 2.05) is 36.4 Å². The maximum absolute atomic E-state index is 11.8. The number of aromatic amines is 2. The SMILES string of the molecule is COC(=O)CCCC1=CN(Cc2ccc(-c3ccccc3-c3nnn[nH]3)cc2)CN1Cc1ccc(-c2ccccc2-c2nnn[nH]2)cc1. The summed E-state index contributed by atoms with van der Waals surface area (Å²) in [5, 5.41) is 28.9. The third-order valence-electron chi connectivity index (χ3n) is 8.48. The van der Waals surface area contributed by atoms with Gasteiger partial charge in [0.05, 0.1) is 13.8 Å². The molecule has 0 spiro atoms. The molecule has 0 amide bonds. The number of hydrogen-bond acceptors (Lipinski definition) is 10. The topological polar surface area (TPSA) is 142 Å². The molecule has 0 aliphatic carbocycles. The van der Waals surface area contributed by atoms with Crippen molar-refractivity contribution in [1.29, 1.82) is 0 Å². The quantitative estimate of drug-likeness (QED) is 0.157. The fourth-order valence-corrected chi connectivity index (χ4v) is 6.09. The van der Waals surface area contributed by atoms with Crippen LogP contribution in [-0.2, 0) is 22.6 Å². The number of nitrogens with one attached hydrogen (secondary N) is 2. The molecule has 2 N–H and O–H groups in total. The van der Waals surface area contributed by atoms with Gasteiger partial charge >= 0.3 is 5.97 Å². The molecule has 0 bridgehead atoms. The highest BCUT2D eigenvalue weighted by Crippen LogP contribution is 2.32. The number of hydrogen-bond donors (Lipinski definition) is 2. The molecule has 0 unspecified atom stereocenters. The van der Waals surface area contributed by atoms with Gasteiger partial charge in [0.1, 0.15) is 0 Å². The zero-order chi connectivity index (χ0) is 32.7. The fourth-order valence-electron chi connectivity index (χ4n) is 6.09. The molecule has 240 valence electrons. The molecule has 0 fully saturated rings. The molecule has 2 aromatic heterocycles. The first-order valence-electron chi connectivity index (χ1n) is 15.8. The van der Waals surface area contributed by atoms with Crippen LogP contribution in [0.25, 0.3) is 45.0 Å². The maximum atomic E-state index is 11.8. The second-order valence-corrected chi connectivity index (χ2v) is 11.6. The summed E-state index contributed by atoms with van der Waals surface area (Å²) in [6, 6.07) is 33.4. The van der Waals surface area contributed by atoms with Gasteiger partial charge in [0, 0.05) is 42.5 Å². The van der Waals surface area contributed by atoms with E-state index in [2.05, 4.69) is 118 Å². The van der Waals surface area contributed by atoms with Gasteiger partial charge in [-0.2, -0.15) is 0 Å². The Labute approximate surface area is 277 Å². The van der Waals surface area contributed by atoms with Crippen LogP contribution in [-0.4, -0.2) is 70.8 Å². The Kier molecular flexibility index (Phi) is 8.94. The zero-order valence-corrected chi connectivity index (χ0v) is 26.5. The number of allylic oxidation sites excluding steroid dienone is 1. The number of nitrogens with zero attached hydrogens (tertiary/aromatic N) is 8. The second-order valence-electron chi connectivity index (χ2n) is 11.6. The Balaban J connectivity index is 1.06. The van der Waals surface area contributed by atoms with Crippen molar-refractivity contribution in [2.75, 3.05) is 13.8 Å². The molecular weight excluding hydrogens is 604 g/mol. The molecule has 4 aromatic carbocycles. The zero-order valence-electron chi connectivity index (χ0n) is 26.5. The van der Waals surface area contributed by atoms with E-state index in [1.165, 1.54) is 23.9 Å². The Bertz CT molecular complexity index is 1990. The van der Waals surface area contributed by atoms with Gasteiger partial charge in [-0.3, -0.25) is 4.79 Å². The standard InChI is InChI=1S/C36H34N10O2/c1-48-34(47)12-6-7-29-23-45(21-25-13-17-27(18-14-25)30-8-2-4-10-32(30)35-37-41-42-38-35)24-46(29)22-26-15-19-28(20-16-26)31-9-3-5-11-33(31)36-39-43-44-40-36/h2-5,8-11,13-20,23H,6-7,12,21-22,24H2,1H3,(H,37,38,41,42)(H,39,40,43,44). The van der Waals surface area contributed by atoms with E-state index in [1.54, 1.807) is 0 Å². The number of benzene rings is 4. The van der Waals surface area contributed by atoms with E-state index in [0.717, 1.165) is 66.0 Å². The number of tetrazole rings is 2. The average molecular weight is 639 g/mol. The molecule has 12 heteroatoms. The lowest BCUT2D eigenvalue weighted by atomic mass is 9.98. The lowest BCUT2D eigenvalue weighted by Crippen LogP contribution is -2.26. The number of esters is 1. The molecule has 1 aliphatic rings. The first-order chi connectivity index (χ1) is 23.6. The van der Waals surface area contributed by atoms with Gasteiger partial charge in [0.25, 0.3) is 0 Å². The Hall–Kier alpha value is -6.17.